The average Bonchev–Trinajstić information content (AvgIpc) is 3.31. The van der Waals surface area contributed by atoms with Gasteiger partial charge in [0.2, 0.25) is 11.8 Å². The van der Waals surface area contributed by atoms with Crippen molar-refractivity contribution in [3.8, 4) is 34.7 Å². The number of aromatic nitrogens is 2. The van der Waals surface area contributed by atoms with Crippen LogP contribution in [0.3, 0.4) is 0 Å². The number of halogens is 1. The van der Waals surface area contributed by atoms with Crippen molar-refractivity contribution in [2.24, 2.45) is 5.73 Å². The van der Waals surface area contributed by atoms with Gasteiger partial charge < -0.3 is 19.9 Å². The molecular weight excluding hydrogens is 459 g/mol. The number of H-pyrrole nitrogens is 1. The lowest BCUT2D eigenvalue weighted by Gasteiger charge is -2.25. The number of nitrogens with two attached hydrogens (primary N) is 1. The van der Waals surface area contributed by atoms with E-state index < -0.39 is 5.92 Å². The normalized spacial score (nSPS) is 14.6. The molecule has 7 nitrogen and oxygen atoms in total. The summed E-state index contributed by atoms with van der Waals surface area (Å²) in [6.07, 6.45) is 0. The number of ether oxygens (including phenoxy) is 3. The lowest BCUT2D eigenvalue weighted by atomic mass is 9.83. The smallest absolute Gasteiger partial charge is 0.244 e. The van der Waals surface area contributed by atoms with Gasteiger partial charge in [0.05, 0.1) is 24.3 Å². The number of hydrogen-bond acceptors (Lipinski definition) is 6. The molecule has 4 aromatic rings. The van der Waals surface area contributed by atoms with Gasteiger partial charge in [-0.3, -0.25) is 5.10 Å². The van der Waals surface area contributed by atoms with Gasteiger partial charge in [0, 0.05) is 5.56 Å². The molecule has 1 aromatic heterocycles. The van der Waals surface area contributed by atoms with E-state index in [1.807, 2.05) is 43.3 Å². The van der Waals surface area contributed by atoms with E-state index in [1.54, 1.807) is 25.3 Å². The molecule has 1 aliphatic rings. The van der Waals surface area contributed by atoms with Crippen molar-refractivity contribution in [2.45, 2.75) is 19.4 Å². The van der Waals surface area contributed by atoms with Gasteiger partial charge in [-0.25, -0.2) is 4.39 Å². The molecule has 1 aliphatic heterocycles. The number of rotatable bonds is 6. The van der Waals surface area contributed by atoms with Crippen molar-refractivity contribution in [3.63, 3.8) is 0 Å². The molecule has 36 heavy (non-hydrogen) atoms. The minimum Gasteiger partial charge on any atom is -0.493 e. The Balaban J connectivity index is 1.54. The Morgan fingerprint density at radius 2 is 1.83 bits per heavy atom. The van der Waals surface area contributed by atoms with Crippen LogP contribution in [-0.2, 0) is 6.61 Å². The van der Waals surface area contributed by atoms with Gasteiger partial charge in [0.1, 0.15) is 24.1 Å². The standard InChI is InChI=1S/C28H23FN4O3/c1-16-3-7-18(8-4-16)26-25-24(21(14-30)27(31)36-28(25)33-32-26)19-9-12-22(23(13-19)34-2)35-15-17-5-10-20(29)11-6-17/h3-13,24H,15,31H2,1-2H3,(H,32,33)/t24-/m1/s1. The van der Waals surface area contributed by atoms with E-state index in [0.717, 1.165) is 27.9 Å². The van der Waals surface area contributed by atoms with Gasteiger partial charge in [-0.2, -0.15) is 5.26 Å². The zero-order valence-electron chi connectivity index (χ0n) is 19.7. The van der Waals surface area contributed by atoms with Crippen molar-refractivity contribution in [1.82, 2.24) is 10.2 Å². The van der Waals surface area contributed by atoms with Crippen LogP contribution in [-0.4, -0.2) is 17.3 Å². The molecule has 0 radical (unpaired) electrons. The number of benzene rings is 3. The van der Waals surface area contributed by atoms with E-state index in [2.05, 4.69) is 16.3 Å². The summed E-state index contributed by atoms with van der Waals surface area (Å²) in [4.78, 5) is 0. The van der Waals surface area contributed by atoms with Crippen LogP contribution in [0.5, 0.6) is 17.4 Å². The number of nitrogens with one attached hydrogen (secondary N) is 1. The summed E-state index contributed by atoms with van der Waals surface area (Å²) >= 11 is 0. The molecule has 180 valence electrons. The third-order valence-corrected chi connectivity index (χ3v) is 6.11. The Hall–Kier alpha value is -4.77. The largest absolute Gasteiger partial charge is 0.493 e. The summed E-state index contributed by atoms with van der Waals surface area (Å²) in [5, 5.41) is 17.4. The molecule has 0 unspecified atom stereocenters. The van der Waals surface area contributed by atoms with Crippen molar-refractivity contribution in [2.75, 3.05) is 7.11 Å². The molecule has 0 saturated carbocycles. The summed E-state index contributed by atoms with van der Waals surface area (Å²) in [6, 6.07) is 21.8. The number of nitrogens with zero attached hydrogens (tertiary/aromatic N) is 2. The fraction of sp³-hybridized carbons (Fsp3) is 0.143. The van der Waals surface area contributed by atoms with Gasteiger partial charge in [0.25, 0.3) is 0 Å². The van der Waals surface area contributed by atoms with Crippen molar-refractivity contribution in [3.05, 3.63) is 106 Å². The third-order valence-electron chi connectivity index (χ3n) is 6.11. The van der Waals surface area contributed by atoms with Gasteiger partial charge in [-0.1, -0.05) is 48.0 Å². The Kier molecular flexibility index (Phi) is 6.05. The second-order valence-corrected chi connectivity index (χ2v) is 8.43. The number of aryl methyl sites for hydroxylation is 1. The highest BCUT2D eigenvalue weighted by atomic mass is 19.1. The molecule has 0 saturated heterocycles. The quantitative estimate of drug-likeness (QED) is 0.385. The number of nitriles is 1. The summed E-state index contributed by atoms with van der Waals surface area (Å²) in [7, 11) is 1.55. The number of hydrogen-bond donors (Lipinski definition) is 2. The van der Waals surface area contributed by atoms with E-state index in [9.17, 15) is 9.65 Å². The highest BCUT2D eigenvalue weighted by Crippen LogP contribution is 2.47. The number of allylic oxidation sites excluding steroid dienone is 1. The van der Waals surface area contributed by atoms with E-state index in [1.165, 1.54) is 12.1 Å². The monoisotopic (exact) mass is 482 g/mol. The first-order chi connectivity index (χ1) is 17.5. The molecule has 3 N–H and O–H groups in total. The molecular formula is C28H23FN4O3. The maximum Gasteiger partial charge on any atom is 0.244 e. The van der Waals surface area contributed by atoms with Crippen LogP contribution < -0.4 is 19.9 Å². The Labute approximate surface area is 207 Å². The van der Waals surface area contributed by atoms with E-state index in [-0.39, 0.29) is 23.9 Å². The predicted octanol–water partition coefficient (Wildman–Crippen LogP) is 5.33. The van der Waals surface area contributed by atoms with Gasteiger partial charge >= 0.3 is 0 Å². The lowest BCUT2D eigenvalue weighted by Crippen LogP contribution is -2.21. The van der Waals surface area contributed by atoms with Crippen LogP contribution in [0.1, 0.15) is 28.2 Å². The Bertz CT molecular complexity index is 1480. The molecule has 5 rings (SSSR count). The molecule has 0 fully saturated rings. The molecule has 1 atom stereocenters. The predicted molar refractivity (Wildman–Crippen MR) is 132 cm³/mol. The van der Waals surface area contributed by atoms with E-state index >= 15 is 0 Å². The number of aromatic amines is 1. The first-order valence-corrected chi connectivity index (χ1v) is 11.3. The second-order valence-electron chi connectivity index (χ2n) is 8.43. The maximum absolute atomic E-state index is 13.2. The van der Waals surface area contributed by atoms with Crippen LogP contribution in [0, 0.1) is 24.1 Å². The van der Waals surface area contributed by atoms with Crippen LogP contribution in [0.15, 0.2) is 78.2 Å². The Morgan fingerprint density at radius 1 is 1.08 bits per heavy atom. The fourth-order valence-electron chi connectivity index (χ4n) is 4.24. The van der Waals surface area contributed by atoms with Crippen molar-refractivity contribution in [1.29, 1.82) is 5.26 Å². The third kappa shape index (κ3) is 4.23. The summed E-state index contributed by atoms with van der Waals surface area (Å²) in [5.74, 6) is 0.489. The van der Waals surface area contributed by atoms with E-state index in [0.29, 0.717) is 22.9 Å². The SMILES string of the molecule is COc1cc([C@@H]2C(C#N)=C(N)Oc3n[nH]c(-c4ccc(C)cc4)c32)ccc1OCc1ccc(F)cc1. The van der Waals surface area contributed by atoms with Crippen LogP contribution >= 0.6 is 0 Å². The lowest BCUT2D eigenvalue weighted by molar-refractivity contribution is 0.284. The maximum atomic E-state index is 13.2. The topological polar surface area (TPSA) is 106 Å². The van der Waals surface area contributed by atoms with Gasteiger partial charge in [-0.05, 0) is 42.3 Å². The second kappa shape index (κ2) is 9.47. The average molecular weight is 483 g/mol. The fourth-order valence-corrected chi connectivity index (χ4v) is 4.24. The molecule has 3 aromatic carbocycles. The highest BCUT2D eigenvalue weighted by Gasteiger charge is 2.36. The summed E-state index contributed by atoms with van der Waals surface area (Å²) < 4.78 is 30.4. The molecule has 8 heteroatoms. The Morgan fingerprint density at radius 3 is 2.53 bits per heavy atom. The minimum atomic E-state index is -0.533. The van der Waals surface area contributed by atoms with Crippen molar-refractivity contribution >= 4 is 0 Å². The molecule has 0 bridgehead atoms. The summed E-state index contributed by atoms with van der Waals surface area (Å²) in [6.45, 7) is 2.26. The minimum absolute atomic E-state index is 0.00700. The molecule has 0 amide bonds. The molecule has 2 heterocycles. The first kappa shape index (κ1) is 23.0. The number of methoxy groups -OCH3 is 1. The van der Waals surface area contributed by atoms with Crippen LogP contribution in [0.4, 0.5) is 4.39 Å². The first-order valence-electron chi connectivity index (χ1n) is 11.3. The zero-order valence-corrected chi connectivity index (χ0v) is 19.7. The van der Waals surface area contributed by atoms with Crippen LogP contribution in [0.2, 0.25) is 0 Å². The zero-order chi connectivity index (χ0) is 25.2. The molecule has 0 aliphatic carbocycles. The van der Waals surface area contributed by atoms with Gasteiger partial charge in [-0.15, -0.1) is 5.10 Å². The summed E-state index contributed by atoms with van der Waals surface area (Å²) in [5.41, 5.74) is 11.5. The van der Waals surface area contributed by atoms with Crippen molar-refractivity contribution < 1.29 is 18.6 Å². The van der Waals surface area contributed by atoms with Crippen LogP contribution in [0.25, 0.3) is 11.3 Å². The van der Waals surface area contributed by atoms with Gasteiger partial charge in [0.15, 0.2) is 11.5 Å². The number of fused-ring (bicyclic) bond motifs is 1. The highest BCUT2D eigenvalue weighted by molar-refractivity contribution is 5.71. The van der Waals surface area contributed by atoms with E-state index in [4.69, 9.17) is 19.9 Å². The molecule has 0 spiro atoms.